The Hall–Kier alpha value is -3.29. The number of amides is 1. The van der Waals surface area contributed by atoms with Crippen LogP contribution >= 0.6 is 0 Å². The maximum absolute atomic E-state index is 11.8. The Kier molecular flexibility index (Phi) is 4.69. The molecule has 0 N–H and O–H groups in total. The van der Waals surface area contributed by atoms with Crippen LogP contribution in [0, 0.1) is 0 Å². The molecule has 8 heteroatoms. The molecule has 128 valence electrons. The zero-order chi connectivity index (χ0) is 17.8. The van der Waals surface area contributed by atoms with Gasteiger partial charge in [0, 0.05) is 26.7 Å². The SMILES string of the molecule is CN(C)C(=O)c1ccc(N(C)Cc2nnc(-c3ccccc3)o2)nn1. The lowest BCUT2D eigenvalue weighted by molar-refractivity contribution is 0.0821. The lowest BCUT2D eigenvalue weighted by atomic mass is 10.2. The van der Waals surface area contributed by atoms with Gasteiger partial charge in [0.2, 0.25) is 11.8 Å². The summed E-state index contributed by atoms with van der Waals surface area (Å²) in [5.41, 5.74) is 1.17. The van der Waals surface area contributed by atoms with Crippen molar-refractivity contribution in [2.45, 2.75) is 6.54 Å². The predicted molar refractivity (Wildman–Crippen MR) is 91.9 cm³/mol. The third-order valence-electron chi connectivity index (χ3n) is 3.53. The lowest BCUT2D eigenvalue weighted by Crippen LogP contribution is -2.24. The van der Waals surface area contributed by atoms with E-state index in [2.05, 4.69) is 20.4 Å². The standard InChI is InChI=1S/C17H18N6O2/c1-22(2)17(24)13-9-10-14(19-18-13)23(3)11-15-20-21-16(25-15)12-7-5-4-6-8-12/h4-10H,11H2,1-3H3. The van der Waals surface area contributed by atoms with Crippen molar-refractivity contribution < 1.29 is 9.21 Å². The molecule has 25 heavy (non-hydrogen) atoms. The van der Waals surface area contributed by atoms with Crippen LogP contribution in [0.3, 0.4) is 0 Å². The van der Waals surface area contributed by atoms with Gasteiger partial charge in [0.15, 0.2) is 11.5 Å². The fourth-order valence-corrected chi connectivity index (χ4v) is 2.17. The van der Waals surface area contributed by atoms with E-state index in [1.165, 1.54) is 4.90 Å². The summed E-state index contributed by atoms with van der Waals surface area (Å²) in [6.07, 6.45) is 0. The second-order valence-electron chi connectivity index (χ2n) is 5.70. The number of nitrogens with zero attached hydrogens (tertiary/aromatic N) is 6. The molecule has 2 heterocycles. The van der Waals surface area contributed by atoms with Crippen molar-refractivity contribution >= 4 is 11.7 Å². The van der Waals surface area contributed by atoms with Crippen molar-refractivity contribution in [1.29, 1.82) is 0 Å². The minimum Gasteiger partial charge on any atom is -0.419 e. The molecule has 3 aromatic rings. The molecule has 3 rings (SSSR count). The fourth-order valence-electron chi connectivity index (χ4n) is 2.17. The summed E-state index contributed by atoms with van der Waals surface area (Å²) in [6.45, 7) is 0.384. The Morgan fingerprint density at radius 1 is 0.960 bits per heavy atom. The van der Waals surface area contributed by atoms with Gasteiger partial charge in [-0.05, 0) is 24.3 Å². The van der Waals surface area contributed by atoms with Gasteiger partial charge in [-0.1, -0.05) is 18.2 Å². The minimum atomic E-state index is -0.189. The van der Waals surface area contributed by atoms with Crippen molar-refractivity contribution in [3.05, 3.63) is 54.0 Å². The minimum absolute atomic E-state index is 0.189. The van der Waals surface area contributed by atoms with Gasteiger partial charge >= 0.3 is 0 Å². The van der Waals surface area contributed by atoms with Crippen LogP contribution in [-0.4, -0.2) is 52.3 Å². The zero-order valence-electron chi connectivity index (χ0n) is 14.2. The topological polar surface area (TPSA) is 88.3 Å². The number of carbonyl (C=O) groups excluding carboxylic acids is 1. The van der Waals surface area contributed by atoms with E-state index < -0.39 is 0 Å². The molecule has 8 nitrogen and oxygen atoms in total. The number of hydrogen-bond acceptors (Lipinski definition) is 7. The Labute approximate surface area is 145 Å². The highest BCUT2D eigenvalue weighted by molar-refractivity contribution is 5.91. The van der Waals surface area contributed by atoms with Gasteiger partial charge in [-0.2, -0.15) is 0 Å². The van der Waals surface area contributed by atoms with E-state index in [0.717, 1.165) is 5.56 Å². The highest BCUT2D eigenvalue weighted by Crippen LogP contribution is 2.18. The average molecular weight is 338 g/mol. The van der Waals surface area contributed by atoms with Gasteiger partial charge in [0.25, 0.3) is 5.91 Å². The molecular weight excluding hydrogens is 320 g/mol. The second-order valence-corrected chi connectivity index (χ2v) is 5.70. The number of benzene rings is 1. The van der Waals surface area contributed by atoms with Crippen LogP contribution in [0.25, 0.3) is 11.5 Å². The molecule has 1 amide bonds. The third-order valence-corrected chi connectivity index (χ3v) is 3.53. The lowest BCUT2D eigenvalue weighted by Gasteiger charge is -2.15. The van der Waals surface area contributed by atoms with Crippen molar-refractivity contribution in [1.82, 2.24) is 25.3 Å². The van der Waals surface area contributed by atoms with Gasteiger partial charge in [-0.15, -0.1) is 20.4 Å². The summed E-state index contributed by atoms with van der Waals surface area (Å²) < 4.78 is 5.68. The molecule has 0 bridgehead atoms. The fraction of sp³-hybridized carbons (Fsp3) is 0.235. The maximum atomic E-state index is 11.8. The first-order valence-electron chi connectivity index (χ1n) is 7.69. The summed E-state index contributed by atoms with van der Waals surface area (Å²) >= 11 is 0. The van der Waals surface area contributed by atoms with Gasteiger partial charge in [-0.3, -0.25) is 4.79 Å². The van der Waals surface area contributed by atoms with Gasteiger partial charge in [-0.25, -0.2) is 0 Å². The molecule has 1 aromatic carbocycles. The van der Waals surface area contributed by atoms with Crippen LogP contribution in [0.15, 0.2) is 46.9 Å². The van der Waals surface area contributed by atoms with Gasteiger partial charge < -0.3 is 14.2 Å². The molecule has 0 unspecified atom stereocenters. The van der Waals surface area contributed by atoms with Crippen LogP contribution < -0.4 is 4.90 Å². The molecule has 0 aliphatic heterocycles. The third kappa shape index (κ3) is 3.79. The molecule has 0 atom stereocenters. The van der Waals surface area contributed by atoms with Gasteiger partial charge in [0.05, 0.1) is 6.54 Å². The molecule has 0 radical (unpaired) electrons. The van der Waals surface area contributed by atoms with Crippen LogP contribution in [0.4, 0.5) is 5.82 Å². The highest BCUT2D eigenvalue weighted by atomic mass is 16.4. The Morgan fingerprint density at radius 3 is 2.36 bits per heavy atom. The van der Waals surface area contributed by atoms with Crippen molar-refractivity contribution in [3.63, 3.8) is 0 Å². The molecule has 0 aliphatic rings. The monoisotopic (exact) mass is 338 g/mol. The van der Waals surface area contributed by atoms with Crippen LogP contribution in [-0.2, 0) is 6.54 Å². The zero-order valence-corrected chi connectivity index (χ0v) is 14.2. The maximum Gasteiger partial charge on any atom is 0.273 e. The summed E-state index contributed by atoms with van der Waals surface area (Å²) in [7, 11) is 5.18. The summed E-state index contributed by atoms with van der Waals surface area (Å²) in [6, 6.07) is 13.0. The van der Waals surface area contributed by atoms with Gasteiger partial charge in [0.1, 0.15) is 0 Å². The first-order valence-corrected chi connectivity index (χ1v) is 7.69. The number of aromatic nitrogens is 4. The van der Waals surface area contributed by atoms with Crippen molar-refractivity contribution in [3.8, 4) is 11.5 Å². The van der Waals surface area contributed by atoms with Crippen LogP contribution in [0.2, 0.25) is 0 Å². The summed E-state index contributed by atoms with van der Waals surface area (Å²) in [4.78, 5) is 15.1. The summed E-state index contributed by atoms with van der Waals surface area (Å²) in [5.74, 6) is 1.36. The highest BCUT2D eigenvalue weighted by Gasteiger charge is 2.14. The molecular formula is C17H18N6O2. The Morgan fingerprint density at radius 2 is 1.72 bits per heavy atom. The van der Waals surface area contributed by atoms with E-state index in [1.54, 1.807) is 26.2 Å². The number of anilines is 1. The first kappa shape index (κ1) is 16.6. The Bertz CT molecular complexity index is 845. The van der Waals surface area contributed by atoms with E-state index >= 15 is 0 Å². The first-order chi connectivity index (χ1) is 12.0. The van der Waals surface area contributed by atoms with Crippen molar-refractivity contribution in [2.24, 2.45) is 0 Å². The van der Waals surface area contributed by atoms with E-state index in [1.807, 2.05) is 42.3 Å². The molecule has 0 saturated heterocycles. The predicted octanol–water partition coefficient (Wildman–Crippen LogP) is 1.86. The Balaban J connectivity index is 1.69. The number of rotatable bonds is 5. The second kappa shape index (κ2) is 7.08. The molecule has 0 saturated carbocycles. The molecule has 2 aromatic heterocycles. The molecule has 0 aliphatic carbocycles. The number of hydrogen-bond donors (Lipinski definition) is 0. The van der Waals surface area contributed by atoms with E-state index in [9.17, 15) is 4.79 Å². The normalized spacial score (nSPS) is 10.5. The quantitative estimate of drug-likeness (QED) is 0.701. The van der Waals surface area contributed by atoms with Crippen LogP contribution in [0.1, 0.15) is 16.4 Å². The number of carbonyl (C=O) groups is 1. The average Bonchev–Trinajstić information content (AvgIpc) is 3.10. The van der Waals surface area contributed by atoms with E-state index in [-0.39, 0.29) is 5.91 Å². The largest absolute Gasteiger partial charge is 0.419 e. The van der Waals surface area contributed by atoms with Crippen LogP contribution in [0.5, 0.6) is 0 Å². The smallest absolute Gasteiger partial charge is 0.273 e. The molecule has 0 fully saturated rings. The van der Waals surface area contributed by atoms with E-state index in [0.29, 0.717) is 29.8 Å². The van der Waals surface area contributed by atoms with E-state index in [4.69, 9.17) is 4.42 Å². The molecule has 0 spiro atoms. The van der Waals surface area contributed by atoms with Crippen molar-refractivity contribution in [2.75, 3.05) is 26.0 Å². The summed E-state index contributed by atoms with van der Waals surface area (Å²) in [5, 5.41) is 16.2.